The van der Waals surface area contributed by atoms with Crippen molar-refractivity contribution in [2.24, 2.45) is 11.8 Å². The molecule has 3 aliphatic carbocycles. The summed E-state index contributed by atoms with van der Waals surface area (Å²) >= 11 is 1.91. The Balaban J connectivity index is 1.33. The monoisotopic (exact) mass is 410 g/mol. The Hall–Kier alpha value is -1.69. The molecule has 1 saturated heterocycles. The van der Waals surface area contributed by atoms with E-state index < -0.39 is 0 Å². The number of nitrogens with zero attached hydrogens (tertiary/aromatic N) is 3. The van der Waals surface area contributed by atoms with Gasteiger partial charge in [-0.3, -0.25) is 4.79 Å². The molecule has 2 aromatic heterocycles. The van der Waals surface area contributed by atoms with Crippen LogP contribution in [0.4, 0.5) is 5.82 Å². The van der Waals surface area contributed by atoms with Crippen molar-refractivity contribution in [1.82, 2.24) is 15.3 Å². The first kappa shape index (κ1) is 18.1. The number of fused-ring (bicyclic) bond motifs is 3. The molecule has 2 saturated carbocycles. The molecule has 1 atom stereocenters. The Morgan fingerprint density at radius 2 is 1.93 bits per heavy atom. The molecule has 6 heteroatoms. The number of carbonyl (C=O) groups excluding carboxylic acids is 1. The highest BCUT2D eigenvalue weighted by molar-refractivity contribution is 7.19. The molecule has 3 fully saturated rings. The summed E-state index contributed by atoms with van der Waals surface area (Å²) in [6, 6.07) is 0. The molecule has 1 aliphatic heterocycles. The van der Waals surface area contributed by atoms with E-state index in [1.807, 2.05) is 11.3 Å². The van der Waals surface area contributed by atoms with Gasteiger partial charge >= 0.3 is 0 Å². The van der Waals surface area contributed by atoms with Gasteiger partial charge in [0, 0.05) is 30.4 Å². The molecule has 0 aromatic carbocycles. The van der Waals surface area contributed by atoms with Crippen LogP contribution < -0.4 is 10.2 Å². The molecule has 1 amide bonds. The average molecular weight is 411 g/mol. The fourth-order valence-electron chi connectivity index (χ4n) is 5.00. The van der Waals surface area contributed by atoms with Crippen LogP contribution in [0.5, 0.6) is 0 Å². The molecule has 4 aliphatic rings. The molecule has 29 heavy (non-hydrogen) atoms. The number of aryl methyl sites for hydroxylation is 2. The van der Waals surface area contributed by atoms with Crippen LogP contribution in [0.25, 0.3) is 10.2 Å². The normalized spacial score (nSPS) is 24.6. The molecule has 154 valence electrons. The van der Waals surface area contributed by atoms with Gasteiger partial charge in [0.15, 0.2) is 0 Å². The predicted octanol–water partition coefficient (Wildman–Crippen LogP) is 4.19. The van der Waals surface area contributed by atoms with Crippen molar-refractivity contribution in [3.05, 3.63) is 16.3 Å². The number of rotatable bonds is 5. The maximum Gasteiger partial charge on any atom is 0.224 e. The standard InChI is InChI=1S/C23H30N4OS/c28-22(24-12-14-7-8-14)16-4-3-11-27(13-16)21-19-17-5-1-2-6-18(17)29-23(19)26-20(25-21)15-9-10-15/h14-16H,1-13H2,(H,24,28). The largest absolute Gasteiger partial charge is 0.356 e. The van der Waals surface area contributed by atoms with E-state index in [2.05, 4.69) is 10.2 Å². The highest BCUT2D eigenvalue weighted by Crippen LogP contribution is 2.44. The number of anilines is 1. The second-order valence-corrected chi connectivity index (χ2v) is 10.6. The van der Waals surface area contributed by atoms with Gasteiger partial charge in [0.25, 0.3) is 0 Å². The molecule has 0 radical (unpaired) electrons. The van der Waals surface area contributed by atoms with Gasteiger partial charge in [-0.15, -0.1) is 11.3 Å². The Morgan fingerprint density at radius 1 is 1.07 bits per heavy atom. The summed E-state index contributed by atoms with van der Waals surface area (Å²) < 4.78 is 0. The second kappa shape index (κ2) is 7.22. The van der Waals surface area contributed by atoms with Crippen molar-refractivity contribution in [2.75, 3.05) is 24.5 Å². The highest BCUT2D eigenvalue weighted by Gasteiger charge is 2.33. The molecular formula is C23H30N4OS. The number of aromatic nitrogens is 2. The van der Waals surface area contributed by atoms with Crippen molar-refractivity contribution in [3.63, 3.8) is 0 Å². The molecule has 1 N–H and O–H groups in total. The van der Waals surface area contributed by atoms with Gasteiger partial charge in [-0.05, 0) is 75.7 Å². The van der Waals surface area contributed by atoms with Gasteiger partial charge in [-0.1, -0.05) is 0 Å². The molecular weight excluding hydrogens is 380 g/mol. The maximum absolute atomic E-state index is 12.8. The molecule has 0 spiro atoms. The molecule has 1 unspecified atom stereocenters. The number of hydrogen-bond acceptors (Lipinski definition) is 5. The van der Waals surface area contributed by atoms with E-state index in [4.69, 9.17) is 9.97 Å². The summed E-state index contributed by atoms with van der Waals surface area (Å²) in [4.78, 5) is 28.1. The SMILES string of the molecule is O=C(NCC1CC1)C1CCCN(c2nc(C3CC3)nc3sc4c(c23)CCCC4)C1. The van der Waals surface area contributed by atoms with Crippen LogP contribution in [0.3, 0.4) is 0 Å². The number of piperidine rings is 1. The van der Waals surface area contributed by atoms with Crippen LogP contribution in [0, 0.1) is 11.8 Å². The van der Waals surface area contributed by atoms with Crippen molar-refractivity contribution in [2.45, 2.75) is 70.1 Å². The summed E-state index contributed by atoms with van der Waals surface area (Å²) in [5.41, 5.74) is 1.51. The van der Waals surface area contributed by atoms with Gasteiger partial charge in [-0.25, -0.2) is 9.97 Å². The Labute approximate surface area is 176 Å². The van der Waals surface area contributed by atoms with Crippen LogP contribution in [-0.4, -0.2) is 35.5 Å². The van der Waals surface area contributed by atoms with Crippen LogP contribution in [0.1, 0.15) is 73.5 Å². The average Bonchev–Trinajstić information content (AvgIpc) is 3.68. The second-order valence-electron chi connectivity index (χ2n) is 9.54. The van der Waals surface area contributed by atoms with Gasteiger partial charge in [-0.2, -0.15) is 0 Å². The lowest BCUT2D eigenvalue weighted by atomic mass is 9.95. The third-order valence-electron chi connectivity index (χ3n) is 7.11. The lowest BCUT2D eigenvalue weighted by Crippen LogP contribution is -2.44. The zero-order valence-electron chi connectivity index (χ0n) is 17.1. The third kappa shape index (κ3) is 3.54. The fraction of sp³-hybridized carbons (Fsp3) is 0.696. The number of nitrogens with one attached hydrogen (secondary N) is 1. The summed E-state index contributed by atoms with van der Waals surface area (Å²) in [7, 11) is 0. The van der Waals surface area contributed by atoms with Gasteiger partial charge in [0.05, 0.1) is 11.3 Å². The minimum atomic E-state index is 0.0892. The summed E-state index contributed by atoms with van der Waals surface area (Å²) in [6.07, 6.45) is 12.0. The summed E-state index contributed by atoms with van der Waals surface area (Å²) in [5.74, 6) is 3.81. The Kier molecular flexibility index (Phi) is 4.51. The van der Waals surface area contributed by atoms with E-state index in [1.54, 1.807) is 0 Å². The Bertz CT molecular complexity index is 946. The van der Waals surface area contributed by atoms with Crippen molar-refractivity contribution >= 4 is 33.3 Å². The van der Waals surface area contributed by atoms with Gasteiger partial charge in [0.2, 0.25) is 5.91 Å². The molecule has 2 aromatic rings. The third-order valence-corrected chi connectivity index (χ3v) is 8.29. The van der Waals surface area contributed by atoms with Crippen molar-refractivity contribution in [1.29, 1.82) is 0 Å². The number of thiophene rings is 1. The fourth-order valence-corrected chi connectivity index (χ4v) is 6.26. The van der Waals surface area contributed by atoms with E-state index in [0.717, 1.165) is 56.5 Å². The van der Waals surface area contributed by atoms with E-state index in [0.29, 0.717) is 5.92 Å². The van der Waals surface area contributed by atoms with Crippen LogP contribution in [0.15, 0.2) is 0 Å². The zero-order valence-corrected chi connectivity index (χ0v) is 17.9. The molecule has 6 rings (SSSR count). The predicted molar refractivity (Wildman–Crippen MR) is 117 cm³/mol. The van der Waals surface area contributed by atoms with Crippen molar-refractivity contribution in [3.8, 4) is 0 Å². The van der Waals surface area contributed by atoms with Gasteiger partial charge in [0.1, 0.15) is 16.5 Å². The first-order valence-electron chi connectivity index (χ1n) is 11.6. The quantitative estimate of drug-likeness (QED) is 0.803. The van der Waals surface area contributed by atoms with E-state index in [9.17, 15) is 4.79 Å². The van der Waals surface area contributed by atoms with E-state index in [1.165, 1.54) is 65.6 Å². The number of carbonyl (C=O) groups is 1. The first-order chi connectivity index (χ1) is 14.3. The summed E-state index contributed by atoms with van der Waals surface area (Å²) in [5, 5.41) is 4.52. The van der Waals surface area contributed by atoms with Crippen LogP contribution in [0.2, 0.25) is 0 Å². The lowest BCUT2D eigenvalue weighted by Gasteiger charge is -2.33. The Morgan fingerprint density at radius 3 is 2.76 bits per heavy atom. The minimum Gasteiger partial charge on any atom is -0.356 e. The maximum atomic E-state index is 12.8. The molecule has 5 nitrogen and oxygen atoms in total. The molecule has 3 heterocycles. The minimum absolute atomic E-state index is 0.0892. The van der Waals surface area contributed by atoms with E-state index in [-0.39, 0.29) is 11.8 Å². The van der Waals surface area contributed by atoms with E-state index >= 15 is 0 Å². The van der Waals surface area contributed by atoms with Crippen molar-refractivity contribution < 1.29 is 4.79 Å². The molecule has 0 bridgehead atoms. The first-order valence-corrected chi connectivity index (χ1v) is 12.4. The smallest absolute Gasteiger partial charge is 0.224 e. The van der Waals surface area contributed by atoms with Gasteiger partial charge < -0.3 is 10.2 Å². The van der Waals surface area contributed by atoms with Crippen LogP contribution >= 0.6 is 11.3 Å². The number of hydrogen-bond donors (Lipinski definition) is 1. The highest BCUT2D eigenvalue weighted by atomic mass is 32.1. The number of amides is 1. The zero-order chi connectivity index (χ0) is 19.4. The lowest BCUT2D eigenvalue weighted by molar-refractivity contribution is -0.125. The van der Waals surface area contributed by atoms with Crippen LogP contribution in [-0.2, 0) is 17.6 Å². The topological polar surface area (TPSA) is 58.1 Å². The summed E-state index contributed by atoms with van der Waals surface area (Å²) in [6.45, 7) is 2.68.